The van der Waals surface area contributed by atoms with Crippen LogP contribution in [0.3, 0.4) is 0 Å². The molecular weight excluding hydrogens is 332 g/mol. The number of para-hydroxylation sites is 1. The molecule has 6 nitrogen and oxygen atoms in total. The predicted molar refractivity (Wildman–Crippen MR) is 99.1 cm³/mol. The molecule has 1 aliphatic heterocycles. The molecule has 2 fully saturated rings. The van der Waals surface area contributed by atoms with Crippen molar-refractivity contribution in [1.29, 1.82) is 0 Å². The van der Waals surface area contributed by atoms with Crippen LogP contribution >= 0.6 is 0 Å². The first kappa shape index (κ1) is 19.1. The SMILES string of the molecule is COc1ccccc1C1(CNC(=O)[C@@]2(N)C[C@H](O)C2(C)C)CCOCC1. The number of ether oxygens (including phenoxy) is 2. The Labute approximate surface area is 155 Å². The van der Waals surface area contributed by atoms with Crippen LogP contribution in [0.25, 0.3) is 0 Å². The molecule has 1 aromatic rings. The first-order chi connectivity index (χ1) is 12.3. The van der Waals surface area contributed by atoms with Gasteiger partial charge in [-0.2, -0.15) is 0 Å². The van der Waals surface area contributed by atoms with Gasteiger partial charge in [-0.3, -0.25) is 4.79 Å². The number of benzene rings is 1. The van der Waals surface area contributed by atoms with Gasteiger partial charge in [0.15, 0.2) is 0 Å². The summed E-state index contributed by atoms with van der Waals surface area (Å²) in [4.78, 5) is 12.9. The summed E-state index contributed by atoms with van der Waals surface area (Å²) in [5.41, 5.74) is 5.51. The number of rotatable bonds is 5. The van der Waals surface area contributed by atoms with Crippen molar-refractivity contribution in [1.82, 2.24) is 5.32 Å². The second-order valence-electron chi connectivity index (χ2n) is 8.19. The third kappa shape index (κ3) is 2.90. The first-order valence-electron chi connectivity index (χ1n) is 9.23. The summed E-state index contributed by atoms with van der Waals surface area (Å²) in [6.07, 6.45) is 1.34. The van der Waals surface area contributed by atoms with E-state index in [9.17, 15) is 9.90 Å². The third-order valence-corrected chi connectivity index (χ3v) is 6.62. The van der Waals surface area contributed by atoms with Crippen LogP contribution < -0.4 is 15.8 Å². The molecule has 0 radical (unpaired) electrons. The Balaban J connectivity index is 1.81. The highest BCUT2D eigenvalue weighted by Gasteiger charge is 2.62. The van der Waals surface area contributed by atoms with Crippen LogP contribution in [0.2, 0.25) is 0 Å². The number of carbonyl (C=O) groups is 1. The van der Waals surface area contributed by atoms with Gasteiger partial charge in [0, 0.05) is 42.6 Å². The van der Waals surface area contributed by atoms with Crippen molar-refractivity contribution in [2.75, 3.05) is 26.9 Å². The Kier molecular flexibility index (Phi) is 5.03. The number of nitrogens with two attached hydrogens (primary N) is 1. The molecule has 2 atom stereocenters. The summed E-state index contributed by atoms with van der Waals surface area (Å²) in [6, 6.07) is 7.95. The summed E-state index contributed by atoms with van der Waals surface area (Å²) >= 11 is 0. The Bertz CT molecular complexity index is 670. The van der Waals surface area contributed by atoms with Crippen LogP contribution in [0, 0.1) is 5.41 Å². The molecule has 4 N–H and O–H groups in total. The van der Waals surface area contributed by atoms with Crippen LogP contribution in [-0.2, 0) is 14.9 Å². The van der Waals surface area contributed by atoms with E-state index in [1.807, 2.05) is 32.0 Å². The van der Waals surface area contributed by atoms with Crippen molar-refractivity contribution < 1.29 is 19.4 Å². The molecule has 3 rings (SSSR count). The monoisotopic (exact) mass is 362 g/mol. The standard InChI is InChI=1S/C20H30N2O4/c1-18(2)16(23)12-20(18,21)17(24)22-13-19(8-10-26-11-9-19)14-6-4-5-7-15(14)25-3/h4-7,16,23H,8-13,21H2,1-3H3,(H,22,24)/t16-,20-/m0/s1. The molecule has 1 amide bonds. The molecule has 0 unspecified atom stereocenters. The van der Waals surface area contributed by atoms with E-state index in [-0.39, 0.29) is 17.7 Å². The van der Waals surface area contributed by atoms with Crippen molar-refractivity contribution in [3.63, 3.8) is 0 Å². The van der Waals surface area contributed by atoms with Crippen LogP contribution in [0.5, 0.6) is 5.75 Å². The zero-order chi connectivity index (χ0) is 19.0. The van der Waals surface area contributed by atoms with Gasteiger partial charge in [-0.15, -0.1) is 0 Å². The second-order valence-corrected chi connectivity index (χ2v) is 8.19. The summed E-state index contributed by atoms with van der Waals surface area (Å²) in [6.45, 7) is 5.44. The maximum absolute atomic E-state index is 12.9. The number of hydrogen-bond acceptors (Lipinski definition) is 5. The summed E-state index contributed by atoms with van der Waals surface area (Å²) in [5.74, 6) is 0.624. The van der Waals surface area contributed by atoms with Crippen molar-refractivity contribution in [3.8, 4) is 5.75 Å². The van der Waals surface area contributed by atoms with E-state index >= 15 is 0 Å². The number of methoxy groups -OCH3 is 1. The predicted octanol–water partition coefficient (Wildman–Crippen LogP) is 1.35. The number of aliphatic hydroxyl groups excluding tert-OH is 1. The van der Waals surface area contributed by atoms with Gasteiger partial charge in [-0.1, -0.05) is 32.0 Å². The van der Waals surface area contributed by atoms with Crippen LogP contribution in [0.15, 0.2) is 24.3 Å². The summed E-state index contributed by atoms with van der Waals surface area (Å²) < 4.78 is 11.1. The van der Waals surface area contributed by atoms with E-state index < -0.39 is 17.1 Å². The van der Waals surface area contributed by atoms with Gasteiger partial charge in [-0.25, -0.2) is 0 Å². The largest absolute Gasteiger partial charge is 0.496 e. The van der Waals surface area contributed by atoms with Crippen molar-refractivity contribution in [2.24, 2.45) is 11.1 Å². The molecule has 1 heterocycles. The average Bonchev–Trinajstić information content (AvgIpc) is 2.66. The van der Waals surface area contributed by atoms with Gasteiger partial charge in [0.05, 0.1) is 13.2 Å². The highest BCUT2D eigenvalue weighted by atomic mass is 16.5. The molecule has 2 aliphatic rings. The van der Waals surface area contributed by atoms with Gasteiger partial charge in [0.2, 0.25) is 5.91 Å². The van der Waals surface area contributed by atoms with E-state index in [2.05, 4.69) is 11.4 Å². The maximum Gasteiger partial charge on any atom is 0.240 e. The molecule has 6 heteroatoms. The molecule has 144 valence electrons. The van der Waals surface area contributed by atoms with E-state index in [0.29, 0.717) is 19.8 Å². The van der Waals surface area contributed by atoms with Crippen molar-refractivity contribution >= 4 is 5.91 Å². The lowest BCUT2D eigenvalue weighted by atomic mass is 9.54. The Morgan fingerprint density at radius 1 is 1.35 bits per heavy atom. The smallest absolute Gasteiger partial charge is 0.240 e. The molecule has 0 aromatic heterocycles. The number of carbonyl (C=O) groups excluding carboxylic acids is 1. The quantitative estimate of drug-likeness (QED) is 0.735. The molecule has 1 aromatic carbocycles. The molecule has 26 heavy (non-hydrogen) atoms. The second kappa shape index (κ2) is 6.83. The van der Waals surface area contributed by atoms with E-state index in [1.54, 1.807) is 7.11 Å². The van der Waals surface area contributed by atoms with Gasteiger partial charge >= 0.3 is 0 Å². The van der Waals surface area contributed by atoms with Gasteiger partial charge in [-0.05, 0) is 18.9 Å². The number of aliphatic hydroxyl groups is 1. The average molecular weight is 362 g/mol. The van der Waals surface area contributed by atoms with Gasteiger partial charge in [0.25, 0.3) is 0 Å². The number of hydrogen-bond donors (Lipinski definition) is 3. The first-order valence-corrected chi connectivity index (χ1v) is 9.23. The molecular formula is C20H30N2O4. The lowest BCUT2D eigenvalue weighted by molar-refractivity contribution is -0.158. The van der Waals surface area contributed by atoms with E-state index in [4.69, 9.17) is 15.2 Å². The van der Waals surface area contributed by atoms with Crippen molar-refractivity contribution in [3.05, 3.63) is 29.8 Å². The Hall–Kier alpha value is -1.63. The van der Waals surface area contributed by atoms with E-state index in [1.165, 1.54) is 0 Å². The maximum atomic E-state index is 12.9. The summed E-state index contributed by atoms with van der Waals surface area (Å²) in [5, 5.41) is 13.1. The van der Waals surface area contributed by atoms with Crippen LogP contribution in [0.1, 0.15) is 38.7 Å². The lowest BCUT2D eigenvalue weighted by Crippen LogP contribution is -2.75. The highest BCUT2D eigenvalue weighted by Crippen LogP contribution is 2.48. The van der Waals surface area contributed by atoms with Crippen molar-refractivity contribution in [2.45, 2.75) is 50.2 Å². The fourth-order valence-electron chi connectivity index (χ4n) is 4.17. The minimum Gasteiger partial charge on any atom is -0.496 e. The topological polar surface area (TPSA) is 93.8 Å². The molecule has 0 spiro atoms. The minimum atomic E-state index is -1.04. The lowest BCUT2D eigenvalue weighted by Gasteiger charge is -2.56. The van der Waals surface area contributed by atoms with E-state index in [0.717, 1.165) is 24.2 Å². The fourth-order valence-corrected chi connectivity index (χ4v) is 4.17. The third-order valence-electron chi connectivity index (χ3n) is 6.62. The minimum absolute atomic E-state index is 0.200. The molecule has 1 aliphatic carbocycles. The van der Waals surface area contributed by atoms with Crippen LogP contribution in [-0.4, -0.2) is 49.5 Å². The highest BCUT2D eigenvalue weighted by molar-refractivity contribution is 5.88. The fraction of sp³-hybridized carbons (Fsp3) is 0.650. The normalized spacial score (nSPS) is 29.5. The summed E-state index contributed by atoms with van der Waals surface area (Å²) in [7, 11) is 1.66. The number of nitrogens with one attached hydrogen (secondary N) is 1. The van der Waals surface area contributed by atoms with Gasteiger partial charge < -0.3 is 25.6 Å². The molecule has 0 bridgehead atoms. The number of amides is 1. The molecule has 1 saturated carbocycles. The Morgan fingerprint density at radius 3 is 2.58 bits per heavy atom. The zero-order valence-corrected chi connectivity index (χ0v) is 15.9. The van der Waals surface area contributed by atoms with Gasteiger partial charge in [0.1, 0.15) is 11.3 Å². The zero-order valence-electron chi connectivity index (χ0n) is 15.9. The van der Waals surface area contributed by atoms with Crippen LogP contribution in [0.4, 0.5) is 0 Å². The molecule has 1 saturated heterocycles. The Morgan fingerprint density at radius 2 is 2.00 bits per heavy atom.